The van der Waals surface area contributed by atoms with Gasteiger partial charge < -0.3 is 44.8 Å². The highest BCUT2D eigenvalue weighted by atomic mass is 16.8. The van der Waals surface area contributed by atoms with E-state index >= 15 is 0 Å². The highest BCUT2D eigenvalue weighted by molar-refractivity contribution is 4.89. The summed E-state index contributed by atoms with van der Waals surface area (Å²) in [7, 11) is 0. The van der Waals surface area contributed by atoms with Crippen molar-refractivity contribution in [1.82, 2.24) is 0 Å². The van der Waals surface area contributed by atoms with Crippen molar-refractivity contribution in [2.75, 3.05) is 6.61 Å². The summed E-state index contributed by atoms with van der Waals surface area (Å²) < 4.78 is 15.4. The Kier molecular flexibility index (Phi) is 4.95. The largest absolute Gasteiger partial charge is 0.388 e. The highest BCUT2D eigenvalue weighted by Gasteiger charge is 2.46. The molecule has 20 heavy (non-hydrogen) atoms. The molecule has 118 valence electrons. The minimum Gasteiger partial charge on any atom is -0.388 e. The van der Waals surface area contributed by atoms with Crippen LogP contribution < -0.4 is 0 Å². The fourth-order valence-corrected chi connectivity index (χ4v) is 2.16. The Bertz CT molecular complexity index is 327. The highest BCUT2D eigenvalue weighted by Crippen LogP contribution is 2.25. The first-order valence-electron chi connectivity index (χ1n) is 6.34. The molecular formula is C11H20O9. The molecule has 0 bridgehead atoms. The third-order valence-electron chi connectivity index (χ3n) is 3.53. The van der Waals surface area contributed by atoms with Crippen molar-refractivity contribution in [3.05, 3.63) is 0 Å². The van der Waals surface area contributed by atoms with Gasteiger partial charge in [-0.05, 0) is 6.92 Å². The number of aliphatic hydroxyl groups excluding tert-OH is 6. The first-order chi connectivity index (χ1) is 9.32. The third-order valence-corrected chi connectivity index (χ3v) is 3.53. The van der Waals surface area contributed by atoms with Crippen molar-refractivity contribution in [3.8, 4) is 0 Å². The Morgan fingerprint density at radius 1 is 0.800 bits per heavy atom. The minimum atomic E-state index is -1.54. The average molecular weight is 296 g/mol. The van der Waals surface area contributed by atoms with Gasteiger partial charge in [-0.1, -0.05) is 0 Å². The van der Waals surface area contributed by atoms with Gasteiger partial charge in [0.25, 0.3) is 0 Å². The molecule has 0 radical (unpaired) electrons. The molecule has 0 aliphatic carbocycles. The van der Waals surface area contributed by atoms with Crippen LogP contribution in [0.25, 0.3) is 0 Å². The molecule has 0 unspecified atom stereocenters. The lowest BCUT2D eigenvalue weighted by molar-refractivity contribution is -0.361. The van der Waals surface area contributed by atoms with Gasteiger partial charge in [0.1, 0.15) is 36.6 Å². The molecule has 2 fully saturated rings. The SMILES string of the molecule is C[C@@H]1O[C@@H](O[C@@H]2OC[C@H](O)[C@H](O)[C@H]2O)[C@H](O)[C@H](O)[C@H]1O. The van der Waals surface area contributed by atoms with Crippen LogP contribution in [0.3, 0.4) is 0 Å². The Labute approximate surface area is 114 Å². The maximum atomic E-state index is 9.75. The maximum absolute atomic E-state index is 9.75. The number of rotatable bonds is 2. The van der Waals surface area contributed by atoms with Crippen LogP contribution in [0.2, 0.25) is 0 Å². The lowest BCUT2D eigenvalue weighted by atomic mass is 10.00. The monoisotopic (exact) mass is 296 g/mol. The number of ether oxygens (including phenoxy) is 3. The molecule has 0 saturated carbocycles. The van der Waals surface area contributed by atoms with Gasteiger partial charge >= 0.3 is 0 Å². The van der Waals surface area contributed by atoms with Gasteiger partial charge in [-0.3, -0.25) is 0 Å². The number of hydrogen-bond acceptors (Lipinski definition) is 9. The molecule has 2 heterocycles. The van der Waals surface area contributed by atoms with Crippen molar-refractivity contribution in [2.24, 2.45) is 0 Å². The van der Waals surface area contributed by atoms with Gasteiger partial charge in [0, 0.05) is 0 Å². The van der Waals surface area contributed by atoms with Gasteiger partial charge in [-0.15, -0.1) is 0 Å². The van der Waals surface area contributed by atoms with E-state index in [2.05, 4.69) is 0 Å². The molecule has 0 aromatic carbocycles. The van der Waals surface area contributed by atoms with Gasteiger partial charge in [-0.25, -0.2) is 0 Å². The van der Waals surface area contributed by atoms with E-state index in [1.807, 2.05) is 0 Å². The quantitative estimate of drug-likeness (QED) is 0.302. The van der Waals surface area contributed by atoms with E-state index in [0.717, 1.165) is 0 Å². The van der Waals surface area contributed by atoms with Crippen LogP contribution in [0, 0.1) is 0 Å². The Balaban J connectivity index is 1.99. The second-order valence-electron chi connectivity index (χ2n) is 5.07. The van der Waals surface area contributed by atoms with E-state index in [1.165, 1.54) is 6.92 Å². The fraction of sp³-hybridized carbons (Fsp3) is 1.00. The first-order valence-corrected chi connectivity index (χ1v) is 6.34. The number of hydrogen-bond donors (Lipinski definition) is 6. The summed E-state index contributed by atoms with van der Waals surface area (Å²) in [5, 5.41) is 57.4. The molecule has 0 amide bonds. The van der Waals surface area contributed by atoms with Crippen molar-refractivity contribution < 1.29 is 44.8 Å². The molecule has 0 spiro atoms. The maximum Gasteiger partial charge on any atom is 0.189 e. The summed E-state index contributed by atoms with van der Waals surface area (Å²) >= 11 is 0. The molecule has 6 N–H and O–H groups in total. The van der Waals surface area contributed by atoms with Crippen molar-refractivity contribution >= 4 is 0 Å². The molecule has 2 saturated heterocycles. The molecule has 2 aliphatic heterocycles. The third kappa shape index (κ3) is 2.96. The molecule has 2 aliphatic rings. The van der Waals surface area contributed by atoms with Crippen LogP contribution >= 0.6 is 0 Å². The summed E-state index contributed by atoms with van der Waals surface area (Å²) in [6, 6.07) is 0. The van der Waals surface area contributed by atoms with Crippen molar-refractivity contribution in [3.63, 3.8) is 0 Å². The zero-order valence-corrected chi connectivity index (χ0v) is 10.8. The summed E-state index contributed by atoms with van der Waals surface area (Å²) in [5.74, 6) is 0. The lowest BCUT2D eigenvalue weighted by Crippen LogP contribution is -2.60. The second-order valence-corrected chi connectivity index (χ2v) is 5.07. The zero-order valence-electron chi connectivity index (χ0n) is 10.8. The summed E-state index contributed by atoms with van der Waals surface area (Å²) in [6.45, 7) is 1.22. The molecule has 2 rings (SSSR count). The van der Waals surface area contributed by atoms with Crippen LogP contribution in [0.15, 0.2) is 0 Å². The van der Waals surface area contributed by atoms with Crippen LogP contribution in [0.4, 0.5) is 0 Å². The van der Waals surface area contributed by atoms with Crippen LogP contribution in [-0.2, 0) is 14.2 Å². The Hall–Kier alpha value is -0.360. The zero-order chi connectivity index (χ0) is 15.0. The first kappa shape index (κ1) is 16.0. The van der Waals surface area contributed by atoms with Crippen LogP contribution in [0.5, 0.6) is 0 Å². The van der Waals surface area contributed by atoms with Crippen LogP contribution in [-0.4, -0.2) is 92.6 Å². The summed E-state index contributed by atoms with van der Waals surface area (Å²) in [5.41, 5.74) is 0. The summed E-state index contributed by atoms with van der Waals surface area (Å²) in [4.78, 5) is 0. The van der Waals surface area contributed by atoms with E-state index in [4.69, 9.17) is 14.2 Å². The molecule has 9 heteroatoms. The standard InChI is InChI=1S/C11H20O9/c1-3-5(13)7(15)9(17)11(19-3)20-10-8(16)6(14)4(12)2-18-10/h3-17H,2H2,1H3/t3-,4-,5-,6-,7+,8+,9+,10-,11-/m0/s1. The summed E-state index contributed by atoms with van der Waals surface area (Å²) in [6.07, 6.45) is -12.0. The van der Waals surface area contributed by atoms with Crippen LogP contribution in [0.1, 0.15) is 6.92 Å². The molecular weight excluding hydrogens is 276 g/mol. The van der Waals surface area contributed by atoms with Gasteiger partial charge in [0.2, 0.25) is 0 Å². The molecule has 0 aromatic heterocycles. The van der Waals surface area contributed by atoms with E-state index in [0.29, 0.717) is 0 Å². The lowest BCUT2D eigenvalue weighted by Gasteiger charge is -2.42. The Morgan fingerprint density at radius 2 is 1.40 bits per heavy atom. The predicted octanol–water partition coefficient (Wildman–Crippen LogP) is -3.73. The van der Waals surface area contributed by atoms with Crippen molar-refractivity contribution in [1.29, 1.82) is 0 Å². The van der Waals surface area contributed by atoms with Gasteiger partial charge in [0.05, 0.1) is 12.7 Å². The fourth-order valence-electron chi connectivity index (χ4n) is 2.16. The Morgan fingerprint density at radius 3 is 2.05 bits per heavy atom. The molecule has 9 nitrogen and oxygen atoms in total. The normalized spacial score (nSPS) is 53.9. The predicted molar refractivity (Wildman–Crippen MR) is 61.2 cm³/mol. The smallest absolute Gasteiger partial charge is 0.189 e. The van der Waals surface area contributed by atoms with E-state index in [1.54, 1.807) is 0 Å². The molecule has 9 atom stereocenters. The van der Waals surface area contributed by atoms with Crippen molar-refractivity contribution in [2.45, 2.75) is 62.2 Å². The van der Waals surface area contributed by atoms with Gasteiger partial charge in [0.15, 0.2) is 12.6 Å². The van der Waals surface area contributed by atoms with Gasteiger partial charge in [-0.2, -0.15) is 0 Å². The molecule has 0 aromatic rings. The second kappa shape index (κ2) is 6.18. The van der Waals surface area contributed by atoms with E-state index in [-0.39, 0.29) is 6.61 Å². The number of aliphatic hydroxyl groups is 6. The van der Waals surface area contributed by atoms with E-state index in [9.17, 15) is 30.6 Å². The van der Waals surface area contributed by atoms with E-state index < -0.39 is 55.3 Å². The average Bonchev–Trinajstić information content (AvgIpc) is 2.42. The topological polar surface area (TPSA) is 149 Å². The minimum absolute atomic E-state index is 0.257.